The van der Waals surface area contributed by atoms with Crippen LogP contribution in [0.25, 0.3) is 10.9 Å². The smallest absolute Gasteiger partial charge is 0.253 e. The quantitative estimate of drug-likeness (QED) is 0.566. The van der Waals surface area contributed by atoms with Gasteiger partial charge in [0.1, 0.15) is 11.6 Å². The molecule has 2 aromatic heterocycles. The molecule has 29 heavy (non-hydrogen) atoms. The Bertz CT molecular complexity index is 1140. The van der Waals surface area contributed by atoms with Gasteiger partial charge in [0.25, 0.3) is 5.56 Å². The van der Waals surface area contributed by atoms with Crippen LogP contribution >= 0.6 is 25.1 Å². The molecule has 1 fully saturated rings. The predicted octanol–water partition coefficient (Wildman–Crippen LogP) is 3.75. The molecule has 10 heteroatoms. The Morgan fingerprint density at radius 2 is 2.10 bits per heavy atom. The van der Waals surface area contributed by atoms with Gasteiger partial charge < -0.3 is 15.6 Å². The Morgan fingerprint density at radius 1 is 1.34 bits per heavy atom. The van der Waals surface area contributed by atoms with E-state index in [0.717, 1.165) is 12.8 Å². The molecular weight excluding hydrogens is 417 g/mol. The van der Waals surface area contributed by atoms with E-state index in [-0.39, 0.29) is 41.9 Å². The van der Waals surface area contributed by atoms with Crippen molar-refractivity contribution in [3.8, 4) is 0 Å². The van der Waals surface area contributed by atoms with Crippen LogP contribution in [0, 0.1) is 11.7 Å². The number of aromatic nitrogens is 3. The largest absolute Gasteiger partial charge is 0.347 e. The number of nitrogens with zero attached hydrogens (tertiary/aromatic N) is 2. The van der Waals surface area contributed by atoms with Crippen molar-refractivity contribution in [1.82, 2.24) is 15.0 Å². The van der Waals surface area contributed by atoms with Gasteiger partial charge in [0.2, 0.25) is 11.9 Å². The van der Waals surface area contributed by atoms with E-state index >= 15 is 0 Å². The highest BCUT2D eigenvalue weighted by Gasteiger charge is 2.29. The summed E-state index contributed by atoms with van der Waals surface area (Å²) in [5.41, 5.74) is 0.433. The number of carbonyl (C=O) groups excluding carboxylic acids is 1. The third-order valence-electron chi connectivity index (χ3n) is 4.58. The summed E-state index contributed by atoms with van der Waals surface area (Å²) < 4.78 is 13.6. The van der Waals surface area contributed by atoms with Crippen LogP contribution in [0.5, 0.6) is 0 Å². The molecule has 0 spiro atoms. The second-order valence-corrected chi connectivity index (χ2v) is 7.21. The number of halogens is 2. The van der Waals surface area contributed by atoms with Gasteiger partial charge >= 0.3 is 0 Å². The molecule has 0 saturated heterocycles. The highest BCUT2D eigenvalue weighted by molar-refractivity contribution is 7.59. The Morgan fingerprint density at radius 3 is 2.83 bits per heavy atom. The number of nitrogens with one attached hydrogen (secondary N) is 3. The van der Waals surface area contributed by atoms with Gasteiger partial charge in [-0.1, -0.05) is 11.6 Å². The number of anilines is 2. The molecular formula is C19H19ClFN5O2S. The lowest BCUT2D eigenvalue weighted by atomic mass is 10.1. The molecule has 0 bridgehead atoms. The summed E-state index contributed by atoms with van der Waals surface area (Å²) in [4.78, 5) is 35.3. The van der Waals surface area contributed by atoms with Gasteiger partial charge in [-0.3, -0.25) is 9.59 Å². The van der Waals surface area contributed by atoms with E-state index in [1.54, 1.807) is 19.1 Å². The Labute approximate surface area is 177 Å². The molecule has 2 heterocycles. The molecule has 3 aromatic rings. The van der Waals surface area contributed by atoms with E-state index in [0.29, 0.717) is 22.3 Å². The van der Waals surface area contributed by atoms with E-state index < -0.39 is 11.9 Å². The lowest BCUT2D eigenvalue weighted by Gasteiger charge is -2.15. The van der Waals surface area contributed by atoms with Crippen LogP contribution in [0.15, 0.2) is 35.3 Å². The number of benzene rings is 1. The molecule has 1 aromatic carbocycles. The molecule has 0 unspecified atom stereocenters. The van der Waals surface area contributed by atoms with E-state index in [2.05, 4.69) is 25.6 Å². The molecule has 4 rings (SSSR count). The first-order valence-corrected chi connectivity index (χ1v) is 9.21. The SMILES string of the molecule is C[C@H](Nc1nccc(NC(=O)C2CC2)n1)c1cc2cc(Cl)c(F)cc2[nH]c1=O.S. The lowest BCUT2D eigenvalue weighted by Crippen LogP contribution is -2.21. The van der Waals surface area contributed by atoms with Crippen LogP contribution in [0.4, 0.5) is 16.2 Å². The van der Waals surface area contributed by atoms with Gasteiger partial charge in [-0.25, -0.2) is 9.37 Å². The van der Waals surface area contributed by atoms with Crippen LogP contribution < -0.4 is 16.2 Å². The average Bonchev–Trinajstić information content (AvgIpc) is 3.48. The first-order valence-electron chi connectivity index (χ1n) is 8.83. The van der Waals surface area contributed by atoms with Crippen molar-refractivity contribution in [1.29, 1.82) is 0 Å². The fourth-order valence-electron chi connectivity index (χ4n) is 2.88. The molecule has 3 N–H and O–H groups in total. The molecule has 0 radical (unpaired) electrons. The zero-order valence-electron chi connectivity index (χ0n) is 15.4. The van der Waals surface area contributed by atoms with Gasteiger partial charge in [-0.05, 0) is 44.0 Å². The molecule has 1 aliphatic carbocycles. The summed E-state index contributed by atoms with van der Waals surface area (Å²) >= 11 is 5.84. The topological polar surface area (TPSA) is 99.8 Å². The van der Waals surface area contributed by atoms with E-state index in [1.807, 2.05) is 0 Å². The minimum atomic E-state index is -0.595. The van der Waals surface area contributed by atoms with Gasteiger partial charge in [0.15, 0.2) is 0 Å². The number of rotatable bonds is 5. The van der Waals surface area contributed by atoms with Crippen molar-refractivity contribution in [2.24, 2.45) is 5.92 Å². The van der Waals surface area contributed by atoms with Crippen LogP contribution in [0.2, 0.25) is 5.02 Å². The maximum atomic E-state index is 13.6. The summed E-state index contributed by atoms with van der Waals surface area (Å²) in [5, 5.41) is 6.40. The summed E-state index contributed by atoms with van der Waals surface area (Å²) in [5.74, 6) is 0.0992. The second kappa shape index (κ2) is 8.38. The first-order chi connectivity index (χ1) is 13.4. The third-order valence-corrected chi connectivity index (χ3v) is 4.87. The number of amides is 1. The standard InChI is InChI=1S/C19H17ClFN5O2.H2S/c1-9(12-6-11-7-13(20)14(21)8-15(11)24-18(12)28)23-19-22-5-4-16(26-19)25-17(27)10-2-3-10;/h4-10H,2-3H2,1H3,(H,24,28)(H2,22,23,25,26,27);1H2/t9-;/m0./s1. The third kappa shape index (κ3) is 4.68. The number of hydrogen-bond acceptors (Lipinski definition) is 5. The maximum absolute atomic E-state index is 13.6. The van der Waals surface area contributed by atoms with Crippen molar-refractivity contribution in [3.63, 3.8) is 0 Å². The number of carbonyl (C=O) groups is 1. The summed E-state index contributed by atoms with van der Waals surface area (Å²) in [6.07, 6.45) is 3.33. The Kier molecular flexibility index (Phi) is 6.09. The lowest BCUT2D eigenvalue weighted by molar-refractivity contribution is -0.117. The Hall–Kier alpha value is -2.65. The summed E-state index contributed by atoms with van der Waals surface area (Å²) in [7, 11) is 0. The fraction of sp³-hybridized carbons (Fsp3) is 0.263. The normalized spacial score (nSPS) is 14.2. The van der Waals surface area contributed by atoms with E-state index in [9.17, 15) is 14.0 Å². The number of H-pyrrole nitrogens is 1. The monoisotopic (exact) mass is 435 g/mol. The highest BCUT2D eigenvalue weighted by atomic mass is 35.5. The van der Waals surface area contributed by atoms with Crippen LogP contribution in [-0.4, -0.2) is 20.9 Å². The van der Waals surface area contributed by atoms with Crippen LogP contribution in [0.1, 0.15) is 31.4 Å². The number of hydrogen-bond donors (Lipinski definition) is 3. The van der Waals surface area contributed by atoms with Gasteiger partial charge in [0.05, 0.1) is 16.6 Å². The second-order valence-electron chi connectivity index (χ2n) is 6.80. The van der Waals surface area contributed by atoms with Gasteiger partial charge in [0, 0.05) is 23.1 Å². The van der Waals surface area contributed by atoms with E-state index in [1.165, 1.54) is 18.3 Å². The van der Waals surface area contributed by atoms with Crippen molar-refractivity contribution in [3.05, 3.63) is 57.2 Å². The van der Waals surface area contributed by atoms with Crippen molar-refractivity contribution >= 4 is 53.7 Å². The Balaban J connectivity index is 0.00000240. The average molecular weight is 436 g/mol. The molecule has 1 saturated carbocycles. The fourth-order valence-corrected chi connectivity index (χ4v) is 3.05. The van der Waals surface area contributed by atoms with Gasteiger partial charge in [-0.2, -0.15) is 18.5 Å². The molecule has 0 aliphatic heterocycles. The summed E-state index contributed by atoms with van der Waals surface area (Å²) in [6.45, 7) is 1.78. The van der Waals surface area contributed by atoms with Crippen LogP contribution in [-0.2, 0) is 4.79 Å². The van der Waals surface area contributed by atoms with Gasteiger partial charge in [-0.15, -0.1) is 0 Å². The number of pyridine rings is 1. The van der Waals surface area contributed by atoms with Crippen molar-refractivity contribution in [2.75, 3.05) is 10.6 Å². The zero-order valence-corrected chi connectivity index (χ0v) is 17.2. The highest BCUT2D eigenvalue weighted by Crippen LogP contribution is 2.30. The minimum Gasteiger partial charge on any atom is -0.347 e. The minimum absolute atomic E-state index is 0. The molecule has 7 nitrogen and oxygen atoms in total. The summed E-state index contributed by atoms with van der Waals surface area (Å²) in [6, 6.07) is 5.47. The number of fused-ring (bicyclic) bond motifs is 1. The maximum Gasteiger partial charge on any atom is 0.253 e. The van der Waals surface area contributed by atoms with Crippen molar-refractivity contribution < 1.29 is 9.18 Å². The molecule has 152 valence electrons. The first kappa shape index (κ1) is 21.1. The van der Waals surface area contributed by atoms with Crippen molar-refractivity contribution in [2.45, 2.75) is 25.8 Å². The van der Waals surface area contributed by atoms with Crippen LogP contribution in [0.3, 0.4) is 0 Å². The zero-order chi connectivity index (χ0) is 19.8. The molecule has 1 amide bonds. The predicted molar refractivity (Wildman–Crippen MR) is 115 cm³/mol. The van der Waals surface area contributed by atoms with E-state index in [4.69, 9.17) is 11.6 Å². The number of aromatic amines is 1. The molecule has 1 aliphatic rings. The molecule has 1 atom stereocenters.